The van der Waals surface area contributed by atoms with Crippen molar-refractivity contribution in [2.45, 2.75) is 32.0 Å². The van der Waals surface area contributed by atoms with Gasteiger partial charge in [0.2, 0.25) is 0 Å². The summed E-state index contributed by atoms with van der Waals surface area (Å²) in [5, 5.41) is 12.8. The Morgan fingerprint density at radius 3 is 2.64 bits per heavy atom. The van der Waals surface area contributed by atoms with E-state index in [9.17, 15) is 13.2 Å². The summed E-state index contributed by atoms with van der Waals surface area (Å²) < 4.78 is 41.1. The third-order valence-electron chi connectivity index (χ3n) is 4.01. The van der Waals surface area contributed by atoms with E-state index in [1.807, 2.05) is 0 Å². The van der Waals surface area contributed by atoms with Crippen molar-refractivity contribution in [1.82, 2.24) is 14.8 Å². The molecule has 1 aliphatic carbocycles. The third kappa shape index (κ3) is 2.72. The van der Waals surface area contributed by atoms with Gasteiger partial charge >= 0.3 is 6.18 Å². The first-order valence-corrected chi connectivity index (χ1v) is 7.09. The summed E-state index contributed by atoms with van der Waals surface area (Å²) in [6.07, 6.45) is -1.80. The predicted octanol–water partition coefficient (Wildman–Crippen LogP) is 3.22. The second-order valence-corrected chi connectivity index (χ2v) is 5.71. The zero-order valence-electron chi connectivity index (χ0n) is 12.0. The highest BCUT2D eigenvalue weighted by molar-refractivity contribution is 5.62. The summed E-state index contributed by atoms with van der Waals surface area (Å²) in [5.74, 6) is 0.157. The molecule has 2 aromatic rings. The summed E-state index contributed by atoms with van der Waals surface area (Å²) in [6.45, 7) is 1.80. The Bertz CT molecular complexity index is 675. The minimum absolute atomic E-state index is 0.00338. The van der Waals surface area contributed by atoms with Crippen LogP contribution in [0.2, 0.25) is 0 Å². The van der Waals surface area contributed by atoms with Gasteiger partial charge in [-0.05, 0) is 37.8 Å². The van der Waals surface area contributed by atoms with E-state index < -0.39 is 11.9 Å². The molecule has 2 heterocycles. The van der Waals surface area contributed by atoms with Crippen LogP contribution >= 0.6 is 0 Å². The molecule has 0 aromatic carbocycles. The first-order valence-electron chi connectivity index (χ1n) is 7.09. The van der Waals surface area contributed by atoms with E-state index in [-0.39, 0.29) is 29.8 Å². The van der Waals surface area contributed by atoms with Gasteiger partial charge in [-0.1, -0.05) is 6.07 Å². The van der Waals surface area contributed by atoms with Crippen LogP contribution in [0.15, 0.2) is 24.4 Å². The van der Waals surface area contributed by atoms with E-state index in [0.717, 1.165) is 0 Å². The zero-order valence-corrected chi connectivity index (χ0v) is 12.0. The van der Waals surface area contributed by atoms with E-state index in [0.29, 0.717) is 18.5 Å². The van der Waals surface area contributed by atoms with Gasteiger partial charge in [-0.3, -0.25) is 9.67 Å². The molecule has 1 saturated carbocycles. The smallest absolute Gasteiger partial charge is 0.396 e. The van der Waals surface area contributed by atoms with E-state index in [4.69, 9.17) is 5.11 Å². The molecule has 3 rings (SSSR count). The van der Waals surface area contributed by atoms with Gasteiger partial charge in [0.25, 0.3) is 0 Å². The van der Waals surface area contributed by atoms with E-state index in [1.165, 1.54) is 10.9 Å². The average Bonchev–Trinajstić information content (AvgIpc) is 2.82. The molecule has 0 radical (unpaired) electrons. The monoisotopic (exact) mass is 311 g/mol. The lowest BCUT2D eigenvalue weighted by molar-refractivity contribution is -0.141. The summed E-state index contributed by atoms with van der Waals surface area (Å²) in [4.78, 5) is 4.17. The van der Waals surface area contributed by atoms with Crippen LogP contribution < -0.4 is 0 Å². The minimum atomic E-state index is -4.52. The first kappa shape index (κ1) is 15.0. The Balaban J connectivity index is 1.99. The molecule has 0 unspecified atom stereocenters. The number of rotatable bonds is 3. The molecule has 4 nitrogen and oxygen atoms in total. The number of pyridine rings is 1. The van der Waals surface area contributed by atoms with Crippen molar-refractivity contribution in [2.24, 2.45) is 5.92 Å². The van der Waals surface area contributed by atoms with Crippen LogP contribution in [0.4, 0.5) is 13.2 Å². The fourth-order valence-corrected chi connectivity index (χ4v) is 2.73. The van der Waals surface area contributed by atoms with Gasteiger partial charge in [0.15, 0.2) is 5.69 Å². The molecule has 0 bridgehead atoms. The van der Waals surface area contributed by atoms with Crippen molar-refractivity contribution in [3.8, 4) is 11.3 Å². The van der Waals surface area contributed by atoms with E-state index >= 15 is 0 Å². The fourth-order valence-electron chi connectivity index (χ4n) is 2.73. The molecule has 22 heavy (non-hydrogen) atoms. The van der Waals surface area contributed by atoms with Crippen molar-refractivity contribution >= 4 is 0 Å². The number of aromatic nitrogens is 3. The molecule has 1 fully saturated rings. The Morgan fingerprint density at radius 2 is 2.05 bits per heavy atom. The van der Waals surface area contributed by atoms with E-state index in [1.54, 1.807) is 25.1 Å². The molecular formula is C15H16F3N3O. The molecule has 0 aliphatic heterocycles. The number of alkyl halides is 3. The van der Waals surface area contributed by atoms with Crippen molar-refractivity contribution in [1.29, 1.82) is 0 Å². The second-order valence-electron chi connectivity index (χ2n) is 5.71. The summed E-state index contributed by atoms with van der Waals surface area (Å²) in [6, 6.07) is 4.89. The van der Waals surface area contributed by atoms with Gasteiger partial charge in [-0.15, -0.1) is 0 Å². The van der Waals surface area contributed by atoms with Crippen molar-refractivity contribution in [2.75, 3.05) is 6.61 Å². The van der Waals surface area contributed by atoms with E-state index in [2.05, 4.69) is 10.1 Å². The number of halogens is 3. The molecule has 0 atom stereocenters. The lowest BCUT2D eigenvalue weighted by atomic mass is 9.81. The van der Waals surface area contributed by atoms with Crippen LogP contribution in [-0.2, 0) is 6.18 Å². The van der Waals surface area contributed by atoms with Crippen LogP contribution in [0, 0.1) is 12.8 Å². The van der Waals surface area contributed by atoms with Gasteiger partial charge in [0.1, 0.15) is 0 Å². The Hall–Kier alpha value is -1.89. The maximum Gasteiger partial charge on any atom is 0.435 e. The Kier molecular flexibility index (Phi) is 3.68. The van der Waals surface area contributed by atoms with Gasteiger partial charge in [-0.2, -0.15) is 18.3 Å². The Labute approximate surface area is 125 Å². The van der Waals surface area contributed by atoms with Crippen LogP contribution in [0.1, 0.15) is 30.3 Å². The summed E-state index contributed by atoms with van der Waals surface area (Å²) >= 11 is 0. The highest BCUT2D eigenvalue weighted by Gasteiger charge is 2.40. The molecule has 0 spiro atoms. The maximum atomic E-state index is 13.2. The van der Waals surface area contributed by atoms with Crippen LogP contribution in [0.25, 0.3) is 11.3 Å². The standard InChI is InChI=1S/C15H16F3N3O/c1-9-3-2-4-13(19-9)12-7-21(11-5-10(6-11)8-22)20-14(12)15(16,17)18/h2-4,7,10-11,22H,5-6,8H2,1H3/t10-,11-. The van der Waals surface area contributed by atoms with Crippen molar-refractivity contribution in [3.63, 3.8) is 0 Å². The molecule has 7 heteroatoms. The summed E-state index contributed by atoms with van der Waals surface area (Å²) in [7, 11) is 0. The van der Waals surface area contributed by atoms with Gasteiger partial charge in [0, 0.05) is 18.5 Å². The molecule has 1 N–H and O–H groups in total. The van der Waals surface area contributed by atoms with Crippen molar-refractivity contribution < 1.29 is 18.3 Å². The van der Waals surface area contributed by atoms with Gasteiger partial charge in [0.05, 0.1) is 17.3 Å². The van der Waals surface area contributed by atoms with Gasteiger partial charge in [-0.25, -0.2) is 0 Å². The molecule has 0 saturated heterocycles. The SMILES string of the molecule is Cc1cccc(-c2cn([C@H]3C[C@H](CO)C3)nc2C(F)(F)F)n1. The fraction of sp³-hybridized carbons (Fsp3) is 0.467. The number of hydrogen-bond donors (Lipinski definition) is 1. The number of nitrogens with zero attached hydrogens (tertiary/aromatic N) is 3. The lowest BCUT2D eigenvalue weighted by Gasteiger charge is -2.34. The summed E-state index contributed by atoms with van der Waals surface area (Å²) in [5.41, 5.74) is 0.0284. The molecule has 118 valence electrons. The highest BCUT2D eigenvalue weighted by atomic mass is 19.4. The normalized spacial score (nSPS) is 21.7. The number of aryl methyl sites for hydroxylation is 1. The molecule has 0 amide bonds. The average molecular weight is 311 g/mol. The van der Waals surface area contributed by atoms with Crippen LogP contribution in [0.5, 0.6) is 0 Å². The third-order valence-corrected chi connectivity index (χ3v) is 4.01. The topological polar surface area (TPSA) is 50.9 Å². The van der Waals surface area contributed by atoms with Crippen LogP contribution in [0.3, 0.4) is 0 Å². The molecular weight excluding hydrogens is 295 g/mol. The number of aliphatic hydroxyl groups is 1. The first-order chi connectivity index (χ1) is 10.4. The number of aliphatic hydroxyl groups excluding tert-OH is 1. The van der Waals surface area contributed by atoms with Crippen LogP contribution in [-0.4, -0.2) is 26.5 Å². The van der Waals surface area contributed by atoms with Gasteiger partial charge < -0.3 is 5.11 Å². The lowest BCUT2D eigenvalue weighted by Crippen LogP contribution is -2.29. The highest BCUT2D eigenvalue weighted by Crippen LogP contribution is 2.41. The zero-order chi connectivity index (χ0) is 15.9. The Morgan fingerprint density at radius 1 is 1.32 bits per heavy atom. The maximum absolute atomic E-state index is 13.2. The second kappa shape index (κ2) is 5.39. The molecule has 2 aromatic heterocycles. The number of hydrogen-bond acceptors (Lipinski definition) is 3. The largest absolute Gasteiger partial charge is 0.435 e. The quantitative estimate of drug-likeness (QED) is 0.947. The predicted molar refractivity (Wildman–Crippen MR) is 74.0 cm³/mol. The van der Waals surface area contributed by atoms with Crippen molar-refractivity contribution in [3.05, 3.63) is 35.8 Å². The molecule has 1 aliphatic rings. The minimum Gasteiger partial charge on any atom is -0.396 e.